The Kier molecular flexibility index (Phi) is 6.09. The molecular weight excluding hydrogens is 400 g/mol. The van der Waals surface area contributed by atoms with Crippen LogP contribution in [0.1, 0.15) is 44.5 Å². The van der Waals surface area contributed by atoms with Crippen LogP contribution in [0.2, 0.25) is 0 Å². The highest BCUT2D eigenvalue weighted by Crippen LogP contribution is 2.29. The number of benzene rings is 2. The summed E-state index contributed by atoms with van der Waals surface area (Å²) in [6, 6.07) is 13.5. The number of carbonyl (C=O) groups excluding carboxylic acids is 2. The highest BCUT2D eigenvalue weighted by molar-refractivity contribution is 5.95. The lowest BCUT2D eigenvalue weighted by Crippen LogP contribution is -2.17. The monoisotopic (exact) mass is 420 g/mol. The summed E-state index contributed by atoms with van der Waals surface area (Å²) in [5.74, 6) is -0.227. The summed E-state index contributed by atoms with van der Waals surface area (Å²) in [4.78, 5) is 24.5. The number of furan rings is 1. The van der Waals surface area contributed by atoms with Gasteiger partial charge in [0.25, 0.3) is 5.91 Å². The minimum atomic E-state index is -0.626. The fourth-order valence-corrected chi connectivity index (χ4v) is 3.05. The molecule has 1 aromatic heterocycles. The molecular formula is C23H20N2O6. The predicted molar refractivity (Wildman–Crippen MR) is 111 cm³/mol. The van der Waals surface area contributed by atoms with E-state index in [2.05, 4.69) is 10.5 Å². The molecule has 1 aliphatic heterocycles. The molecule has 0 saturated heterocycles. The molecule has 1 amide bonds. The highest BCUT2D eigenvalue weighted by atomic mass is 16.6. The lowest BCUT2D eigenvalue weighted by Gasteiger charge is -2.10. The van der Waals surface area contributed by atoms with E-state index in [1.165, 1.54) is 18.5 Å². The summed E-state index contributed by atoms with van der Waals surface area (Å²) in [6.45, 7) is 3.28. The molecule has 1 aliphatic rings. The Morgan fingerprint density at radius 2 is 1.97 bits per heavy atom. The predicted octanol–water partition coefficient (Wildman–Crippen LogP) is 3.69. The summed E-state index contributed by atoms with van der Waals surface area (Å²) in [7, 11) is 0. The maximum absolute atomic E-state index is 12.3. The minimum Gasteiger partial charge on any atom is -0.490 e. The van der Waals surface area contributed by atoms with Crippen molar-refractivity contribution in [3.63, 3.8) is 0 Å². The van der Waals surface area contributed by atoms with Crippen molar-refractivity contribution in [1.29, 1.82) is 0 Å². The van der Waals surface area contributed by atoms with Gasteiger partial charge in [-0.2, -0.15) is 5.10 Å². The highest BCUT2D eigenvalue weighted by Gasteiger charge is 2.16. The fraction of sp³-hybridized carbons (Fsp3) is 0.174. The third-order valence-corrected chi connectivity index (χ3v) is 4.56. The molecule has 3 aromatic rings. The van der Waals surface area contributed by atoms with Crippen LogP contribution in [0, 0.1) is 0 Å². The molecule has 158 valence electrons. The van der Waals surface area contributed by atoms with Crippen molar-refractivity contribution in [2.24, 2.45) is 5.10 Å². The molecule has 0 radical (unpaired) electrons. The molecule has 4 rings (SSSR count). The topological polar surface area (TPSA) is 99.4 Å². The maximum atomic E-state index is 12.3. The van der Waals surface area contributed by atoms with Gasteiger partial charge in [0.05, 0.1) is 32.3 Å². The average Bonchev–Trinajstić information content (AvgIpc) is 3.47. The Balaban J connectivity index is 1.43. The summed E-state index contributed by atoms with van der Waals surface area (Å²) in [5, 5.41) is 4.01. The molecule has 0 saturated carbocycles. The smallest absolute Gasteiger partial charge is 0.379 e. The molecule has 8 heteroatoms. The average molecular weight is 420 g/mol. The first-order chi connectivity index (χ1) is 15.1. The van der Waals surface area contributed by atoms with E-state index in [1.807, 2.05) is 19.1 Å². The number of amides is 1. The van der Waals surface area contributed by atoms with E-state index in [0.717, 1.165) is 11.1 Å². The van der Waals surface area contributed by atoms with Gasteiger partial charge in [-0.15, -0.1) is 0 Å². The van der Waals surface area contributed by atoms with Crippen molar-refractivity contribution in [2.75, 3.05) is 6.61 Å². The van der Waals surface area contributed by atoms with Crippen molar-refractivity contribution < 1.29 is 28.2 Å². The standard InChI is InChI=1S/C23H20N2O6/c1-2-29-21-10-15(5-8-19(21)31-23(27)20-4-3-9-30-20)12-24-25-22(26)16-6-7-17-13-28-14-18(17)11-16/h3-12H,2,13-14H2,1H3,(H,25,26). The number of fused-ring (bicyclic) bond motifs is 1. The van der Waals surface area contributed by atoms with E-state index in [9.17, 15) is 9.59 Å². The van der Waals surface area contributed by atoms with E-state index < -0.39 is 5.97 Å². The first kappa shape index (κ1) is 20.4. The van der Waals surface area contributed by atoms with Gasteiger partial charge >= 0.3 is 5.97 Å². The van der Waals surface area contributed by atoms with Crippen LogP contribution in [-0.2, 0) is 18.0 Å². The zero-order valence-electron chi connectivity index (χ0n) is 16.8. The van der Waals surface area contributed by atoms with Crippen LogP contribution in [0.5, 0.6) is 11.5 Å². The van der Waals surface area contributed by atoms with Crippen molar-refractivity contribution >= 4 is 18.1 Å². The van der Waals surface area contributed by atoms with Crippen LogP contribution in [0.3, 0.4) is 0 Å². The molecule has 0 spiro atoms. The Labute approximate surface area is 178 Å². The number of ether oxygens (including phenoxy) is 3. The lowest BCUT2D eigenvalue weighted by molar-refractivity contribution is 0.0695. The van der Waals surface area contributed by atoms with Crippen molar-refractivity contribution in [3.8, 4) is 11.5 Å². The second-order valence-corrected chi connectivity index (χ2v) is 6.68. The van der Waals surface area contributed by atoms with Gasteiger partial charge < -0.3 is 18.6 Å². The zero-order chi connectivity index (χ0) is 21.6. The number of carbonyl (C=O) groups is 2. The number of hydrazone groups is 1. The summed E-state index contributed by atoms with van der Waals surface area (Å²) < 4.78 is 21.3. The Morgan fingerprint density at radius 3 is 2.77 bits per heavy atom. The third-order valence-electron chi connectivity index (χ3n) is 4.56. The number of esters is 1. The minimum absolute atomic E-state index is 0.0916. The number of nitrogens with zero attached hydrogens (tertiary/aromatic N) is 1. The lowest BCUT2D eigenvalue weighted by atomic mass is 10.1. The van der Waals surface area contributed by atoms with Gasteiger partial charge in [0.2, 0.25) is 5.76 Å². The first-order valence-corrected chi connectivity index (χ1v) is 9.69. The fourth-order valence-electron chi connectivity index (χ4n) is 3.05. The van der Waals surface area contributed by atoms with E-state index in [4.69, 9.17) is 18.6 Å². The quantitative estimate of drug-likeness (QED) is 0.271. The molecule has 1 N–H and O–H groups in total. The molecule has 0 aliphatic carbocycles. The third kappa shape index (κ3) is 4.81. The number of hydrogen-bond donors (Lipinski definition) is 1. The van der Waals surface area contributed by atoms with Gasteiger partial charge in [-0.05, 0) is 66.1 Å². The number of hydrogen-bond acceptors (Lipinski definition) is 7. The largest absolute Gasteiger partial charge is 0.490 e. The summed E-state index contributed by atoms with van der Waals surface area (Å²) >= 11 is 0. The van der Waals surface area contributed by atoms with Crippen molar-refractivity contribution in [2.45, 2.75) is 20.1 Å². The van der Waals surface area contributed by atoms with Gasteiger partial charge in [-0.1, -0.05) is 6.07 Å². The SMILES string of the molecule is CCOc1cc(C=NNC(=O)c2ccc3c(c2)COC3)ccc1OC(=O)c1ccco1. The Morgan fingerprint density at radius 1 is 1.10 bits per heavy atom. The molecule has 31 heavy (non-hydrogen) atoms. The molecule has 0 fully saturated rings. The normalized spacial score (nSPS) is 12.5. The molecule has 8 nitrogen and oxygen atoms in total. The number of rotatable bonds is 7. The van der Waals surface area contributed by atoms with Crippen LogP contribution in [0.25, 0.3) is 0 Å². The van der Waals surface area contributed by atoms with E-state index >= 15 is 0 Å². The van der Waals surface area contributed by atoms with Crippen molar-refractivity contribution in [1.82, 2.24) is 5.43 Å². The van der Waals surface area contributed by atoms with Gasteiger partial charge in [-0.25, -0.2) is 10.2 Å². The molecule has 2 aromatic carbocycles. The van der Waals surface area contributed by atoms with Crippen LogP contribution < -0.4 is 14.9 Å². The second kappa shape index (κ2) is 9.27. The first-order valence-electron chi connectivity index (χ1n) is 9.69. The molecule has 0 bridgehead atoms. The second-order valence-electron chi connectivity index (χ2n) is 6.68. The van der Waals surface area contributed by atoms with Gasteiger partial charge in [0.15, 0.2) is 11.5 Å². The van der Waals surface area contributed by atoms with Crippen LogP contribution in [0.15, 0.2) is 64.3 Å². The Hall–Kier alpha value is -3.91. The van der Waals surface area contributed by atoms with E-state index in [0.29, 0.717) is 36.7 Å². The summed E-state index contributed by atoms with van der Waals surface area (Å²) in [5.41, 5.74) is 5.78. The zero-order valence-corrected chi connectivity index (χ0v) is 16.8. The van der Waals surface area contributed by atoms with E-state index in [1.54, 1.807) is 30.3 Å². The molecule has 2 heterocycles. The van der Waals surface area contributed by atoms with E-state index in [-0.39, 0.29) is 17.4 Å². The van der Waals surface area contributed by atoms with Gasteiger partial charge in [0, 0.05) is 5.56 Å². The van der Waals surface area contributed by atoms with Crippen LogP contribution in [0.4, 0.5) is 0 Å². The van der Waals surface area contributed by atoms with Crippen molar-refractivity contribution in [3.05, 3.63) is 82.8 Å². The maximum Gasteiger partial charge on any atom is 0.379 e. The van der Waals surface area contributed by atoms with Crippen LogP contribution >= 0.6 is 0 Å². The molecule has 0 atom stereocenters. The molecule has 0 unspecified atom stereocenters. The Bertz CT molecular complexity index is 1120. The van der Waals surface area contributed by atoms with Gasteiger partial charge in [0.1, 0.15) is 0 Å². The number of nitrogens with one attached hydrogen (secondary N) is 1. The van der Waals surface area contributed by atoms with Crippen LogP contribution in [-0.4, -0.2) is 24.7 Å². The van der Waals surface area contributed by atoms with Gasteiger partial charge in [-0.3, -0.25) is 4.79 Å². The summed E-state index contributed by atoms with van der Waals surface area (Å²) in [6.07, 6.45) is 2.87.